The molecule has 0 saturated carbocycles. The fourth-order valence-electron chi connectivity index (χ4n) is 4.26. The van der Waals surface area contributed by atoms with Crippen molar-refractivity contribution in [3.05, 3.63) is 11.1 Å². The third kappa shape index (κ3) is 4.21. The first-order valence-corrected chi connectivity index (χ1v) is 13.8. The molecular weight excluding hydrogens is 464 g/mol. The summed E-state index contributed by atoms with van der Waals surface area (Å²) in [6.45, 7) is 8.77. The van der Waals surface area contributed by atoms with Crippen molar-refractivity contribution in [2.75, 3.05) is 56.9 Å². The van der Waals surface area contributed by atoms with E-state index in [4.69, 9.17) is 29.2 Å². The van der Waals surface area contributed by atoms with Gasteiger partial charge in [0, 0.05) is 43.3 Å². The first-order chi connectivity index (χ1) is 15.5. The van der Waals surface area contributed by atoms with Gasteiger partial charge in [-0.25, -0.2) is 15.0 Å². The lowest BCUT2D eigenvalue weighted by Crippen LogP contribution is -2.39. The lowest BCUT2D eigenvalue weighted by molar-refractivity contribution is -0.0396. The fourth-order valence-corrected chi connectivity index (χ4v) is 6.83. The number of thioether (sulfide) groups is 2. The molecule has 2 aliphatic rings. The highest BCUT2D eigenvalue weighted by Crippen LogP contribution is 2.45. The van der Waals surface area contributed by atoms with Gasteiger partial charge in [-0.15, -0.1) is 23.1 Å². The van der Waals surface area contributed by atoms with Crippen LogP contribution < -0.4 is 4.90 Å². The number of hydrogen-bond donors (Lipinski definition) is 0. The number of ether oxygens (including phenoxy) is 3. The predicted octanol–water partition coefficient (Wildman–Crippen LogP) is 4.39. The highest BCUT2D eigenvalue weighted by molar-refractivity contribution is 7.99. The normalized spacial score (nSPS) is 18.4. The second-order valence-electron chi connectivity index (χ2n) is 8.53. The molecule has 7 nitrogen and oxygen atoms in total. The van der Waals surface area contributed by atoms with Crippen LogP contribution in [-0.2, 0) is 27.2 Å². The molecule has 1 saturated heterocycles. The number of rotatable bonds is 6. The van der Waals surface area contributed by atoms with Crippen molar-refractivity contribution in [3.63, 3.8) is 0 Å². The minimum Gasteiger partial charge on any atom is -0.384 e. The third-order valence-corrected chi connectivity index (χ3v) is 8.53. The summed E-state index contributed by atoms with van der Waals surface area (Å²) in [5.74, 6) is 1.90. The van der Waals surface area contributed by atoms with Gasteiger partial charge in [0.15, 0.2) is 5.16 Å². The standard InChI is InChI=1S/C22H28N4O3S3/c1-22(2)11-13-14(12-29-22)18(26-5-7-28-8-6-26)24-19-15(13)16-17(32-19)20(31-10-9-27-3)25-21(23-16)30-4/h5-12H2,1-4H3. The van der Waals surface area contributed by atoms with Gasteiger partial charge >= 0.3 is 0 Å². The second-order valence-corrected chi connectivity index (χ2v) is 11.4. The van der Waals surface area contributed by atoms with Crippen molar-refractivity contribution in [1.82, 2.24) is 15.0 Å². The molecule has 0 atom stereocenters. The van der Waals surface area contributed by atoms with Gasteiger partial charge in [-0.2, -0.15) is 0 Å². The molecule has 0 N–H and O–H groups in total. The molecule has 0 radical (unpaired) electrons. The Bertz CT molecular complexity index is 1140. The van der Waals surface area contributed by atoms with Crippen LogP contribution in [0.25, 0.3) is 20.4 Å². The zero-order valence-corrected chi connectivity index (χ0v) is 21.3. The van der Waals surface area contributed by atoms with Crippen LogP contribution in [0.3, 0.4) is 0 Å². The predicted molar refractivity (Wildman–Crippen MR) is 133 cm³/mol. The lowest BCUT2D eigenvalue weighted by Gasteiger charge is -2.36. The summed E-state index contributed by atoms with van der Waals surface area (Å²) in [5.41, 5.74) is 3.34. The number of fused-ring (bicyclic) bond motifs is 5. The fraction of sp³-hybridized carbons (Fsp3) is 0.591. The van der Waals surface area contributed by atoms with E-state index in [2.05, 4.69) is 18.7 Å². The molecule has 3 aromatic rings. The Balaban J connectivity index is 1.74. The van der Waals surface area contributed by atoms with Crippen molar-refractivity contribution in [2.45, 2.75) is 42.7 Å². The monoisotopic (exact) mass is 492 g/mol. The summed E-state index contributed by atoms with van der Waals surface area (Å²) in [6.07, 6.45) is 2.87. The first-order valence-electron chi connectivity index (χ1n) is 10.8. The minimum absolute atomic E-state index is 0.219. The summed E-state index contributed by atoms with van der Waals surface area (Å²) in [5, 5.41) is 3.00. The number of nitrogens with zero attached hydrogens (tertiary/aromatic N) is 4. The van der Waals surface area contributed by atoms with Crippen LogP contribution in [0.5, 0.6) is 0 Å². The molecular formula is C22H28N4O3S3. The number of hydrogen-bond acceptors (Lipinski definition) is 10. The molecule has 0 bridgehead atoms. The van der Waals surface area contributed by atoms with E-state index in [1.807, 2.05) is 6.26 Å². The number of methoxy groups -OCH3 is 1. The van der Waals surface area contributed by atoms with E-state index >= 15 is 0 Å². The molecule has 10 heteroatoms. The summed E-state index contributed by atoms with van der Waals surface area (Å²) >= 11 is 5.02. The average molecular weight is 493 g/mol. The summed E-state index contributed by atoms with van der Waals surface area (Å²) in [7, 11) is 1.73. The SMILES string of the molecule is COCCSc1nc(SC)nc2c1sc1nc(N3CCOCC3)c3c(c12)CC(C)(C)OC3. The Morgan fingerprint density at radius 2 is 1.97 bits per heavy atom. The van der Waals surface area contributed by atoms with Gasteiger partial charge in [-0.05, 0) is 25.7 Å². The maximum Gasteiger partial charge on any atom is 0.189 e. The molecule has 5 rings (SSSR count). The Kier molecular flexibility index (Phi) is 6.52. The number of thiophene rings is 1. The quantitative estimate of drug-likeness (QED) is 0.216. The first kappa shape index (κ1) is 22.6. The van der Waals surface area contributed by atoms with Crippen molar-refractivity contribution in [1.29, 1.82) is 0 Å². The Labute approximate surface area is 200 Å². The van der Waals surface area contributed by atoms with E-state index < -0.39 is 0 Å². The second kappa shape index (κ2) is 9.23. The number of anilines is 1. The van der Waals surface area contributed by atoms with Gasteiger partial charge in [0.2, 0.25) is 0 Å². The maximum absolute atomic E-state index is 6.25. The minimum atomic E-state index is -0.219. The van der Waals surface area contributed by atoms with Crippen molar-refractivity contribution in [3.8, 4) is 0 Å². The molecule has 5 heterocycles. The maximum atomic E-state index is 6.25. The molecule has 2 aliphatic heterocycles. The summed E-state index contributed by atoms with van der Waals surface area (Å²) < 4.78 is 18.2. The highest BCUT2D eigenvalue weighted by Gasteiger charge is 2.33. The van der Waals surface area contributed by atoms with Crippen LogP contribution in [0, 0.1) is 0 Å². The van der Waals surface area contributed by atoms with Crippen molar-refractivity contribution < 1.29 is 14.2 Å². The molecule has 32 heavy (non-hydrogen) atoms. The van der Waals surface area contributed by atoms with Gasteiger partial charge in [-0.1, -0.05) is 11.8 Å². The van der Waals surface area contributed by atoms with Crippen LogP contribution in [0.1, 0.15) is 25.0 Å². The van der Waals surface area contributed by atoms with Gasteiger partial charge < -0.3 is 19.1 Å². The van der Waals surface area contributed by atoms with Crippen LogP contribution in [0.2, 0.25) is 0 Å². The third-order valence-electron chi connectivity index (χ3n) is 5.84. The molecule has 1 fully saturated rings. The highest BCUT2D eigenvalue weighted by atomic mass is 32.2. The van der Waals surface area contributed by atoms with Gasteiger partial charge in [-0.3, -0.25) is 0 Å². The molecule has 0 spiro atoms. The zero-order chi connectivity index (χ0) is 22.3. The smallest absolute Gasteiger partial charge is 0.189 e. The zero-order valence-electron chi connectivity index (χ0n) is 18.9. The molecule has 172 valence electrons. The van der Waals surface area contributed by atoms with Gasteiger partial charge in [0.25, 0.3) is 0 Å². The molecule has 3 aromatic heterocycles. The number of aromatic nitrogens is 3. The summed E-state index contributed by atoms with van der Waals surface area (Å²) in [6, 6.07) is 0. The van der Waals surface area contributed by atoms with Gasteiger partial charge in [0.05, 0.1) is 42.2 Å². The molecule has 0 amide bonds. The number of morpholine rings is 1. The van der Waals surface area contributed by atoms with E-state index in [0.717, 1.165) is 69.5 Å². The van der Waals surface area contributed by atoms with E-state index in [0.29, 0.717) is 13.2 Å². The van der Waals surface area contributed by atoms with Gasteiger partial charge in [0.1, 0.15) is 15.7 Å². The van der Waals surface area contributed by atoms with Crippen molar-refractivity contribution >= 4 is 61.1 Å². The summed E-state index contributed by atoms with van der Waals surface area (Å²) in [4.78, 5) is 18.4. The van der Waals surface area contributed by atoms with E-state index in [-0.39, 0.29) is 5.60 Å². The molecule has 0 aliphatic carbocycles. The Hall–Kier alpha value is -1.17. The Morgan fingerprint density at radius 1 is 1.16 bits per heavy atom. The van der Waals surface area contributed by atoms with E-state index in [1.54, 1.807) is 42.0 Å². The van der Waals surface area contributed by atoms with Crippen LogP contribution in [0.4, 0.5) is 5.82 Å². The molecule has 0 aromatic carbocycles. The van der Waals surface area contributed by atoms with Crippen LogP contribution in [0.15, 0.2) is 10.2 Å². The number of pyridine rings is 1. The largest absolute Gasteiger partial charge is 0.384 e. The van der Waals surface area contributed by atoms with Crippen LogP contribution in [-0.4, -0.2) is 72.6 Å². The van der Waals surface area contributed by atoms with Crippen LogP contribution >= 0.6 is 34.9 Å². The van der Waals surface area contributed by atoms with E-state index in [9.17, 15) is 0 Å². The van der Waals surface area contributed by atoms with Crippen molar-refractivity contribution in [2.24, 2.45) is 0 Å². The molecule has 0 unspecified atom stereocenters. The topological polar surface area (TPSA) is 69.6 Å². The van der Waals surface area contributed by atoms with E-state index in [1.165, 1.54) is 16.5 Å². The Morgan fingerprint density at radius 3 is 2.72 bits per heavy atom. The average Bonchev–Trinajstić information content (AvgIpc) is 3.17. The lowest BCUT2D eigenvalue weighted by atomic mass is 9.90.